The second-order valence-electron chi connectivity index (χ2n) is 6.93. The first kappa shape index (κ1) is 17.5. The quantitative estimate of drug-likeness (QED) is 0.718. The summed E-state index contributed by atoms with van der Waals surface area (Å²) in [7, 11) is 0. The van der Waals surface area contributed by atoms with Gasteiger partial charge >= 0.3 is 0 Å². The monoisotopic (exact) mass is 385 g/mol. The number of carbonyl (C=O) groups is 1. The van der Waals surface area contributed by atoms with Gasteiger partial charge in [-0.3, -0.25) is 4.79 Å². The molecule has 8 heteroatoms. The summed E-state index contributed by atoms with van der Waals surface area (Å²) >= 11 is 1.38. The molecule has 0 atom stereocenters. The fraction of sp³-hybridized carbons (Fsp3) is 0.316. The molecule has 2 aromatic heterocycles. The van der Waals surface area contributed by atoms with Crippen LogP contribution < -0.4 is 14.8 Å². The first-order valence-corrected chi connectivity index (χ1v) is 9.41. The van der Waals surface area contributed by atoms with Gasteiger partial charge in [-0.05, 0) is 38.3 Å². The number of para-hydroxylation sites is 1. The number of aromatic nitrogens is 2. The van der Waals surface area contributed by atoms with Gasteiger partial charge in [0.2, 0.25) is 0 Å². The van der Waals surface area contributed by atoms with Gasteiger partial charge in [-0.25, -0.2) is 0 Å². The lowest BCUT2D eigenvalue weighted by Crippen LogP contribution is -2.25. The average Bonchev–Trinajstić information content (AvgIpc) is 3.30. The van der Waals surface area contributed by atoms with Gasteiger partial charge in [-0.15, -0.1) is 11.3 Å². The van der Waals surface area contributed by atoms with Crippen molar-refractivity contribution < 1.29 is 18.8 Å². The SMILES string of the molecule is Cc1noc(-c2ccsc2NC(=O)COc2cccc3c2OC(C)(C)C3)n1. The van der Waals surface area contributed by atoms with Crippen molar-refractivity contribution in [1.29, 1.82) is 0 Å². The van der Waals surface area contributed by atoms with Crippen molar-refractivity contribution in [1.82, 2.24) is 10.1 Å². The van der Waals surface area contributed by atoms with E-state index in [1.54, 1.807) is 6.92 Å². The van der Waals surface area contributed by atoms with Crippen LogP contribution in [0.5, 0.6) is 11.5 Å². The van der Waals surface area contributed by atoms with Gasteiger partial charge in [0.25, 0.3) is 11.8 Å². The maximum Gasteiger partial charge on any atom is 0.262 e. The lowest BCUT2D eigenvalue weighted by Gasteiger charge is -2.18. The fourth-order valence-electron chi connectivity index (χ4n) is 2.99. The van der Waals surface area contributed by atoms with Crippen molar-refractivity contribution in [3.05, 3.63) is 41.0 Å². The number of nitrogens with one attached hydrogen (secondary N) is 1. The van der Waals surface area contributed by atoms with Gasteiger partial charge < -0.3 is 19.3 Å². The largest absolute Gasteiger partial charge is 0.483 e. The van der Waals surface area contributed by atoms with Crippen molar-refractivity contribution in [2.45, 2.75) is 32.8 Å². The van der Waals surface area contributed by atoms with Gasteiger partial charge in [-0.2, -0.15) is 4.98 Å². The second kappa shape index (κ2) is 6.70. The molecule has 0 spiro atoms. The van der Waals surface area contributed by atoms with Crippen molar-refractivity contribution in [3.8, 4) is 23.0 Å². The summed E-state index contributed by atoms with van der Waals surface area (Å²) in [6, 6.07) is 7.56. The molecule has 0 aliphatic carbocycles. The summed E-state index contributed by atoms with van der Waals surface area (Å²) in [6.45, 7) is 5.68. The number of hydrogen-bond donors (Lipinski definition) is 1. The Labute approximate surface area is 160 Å². The lowest BCUT2D eigenvalue weighted by molar-refractivity contribution is -0.118. The van der Waals surface area contributed by atoms with Crippen molar-refractivity contribution in [2.75, 3.05) is 11.9 Å². The molecular formula is C19H19N3O4S. The van der Waals surface area contributed by atoms with Gasteiger partial charge in [0.05, 0.1) is 5.56 Å². The van der Waals surface area contributed by atoms with Crippen LogP contribution in [0.4, 0.5) is 5.00 Å². The van der Waals surface area contributed by atoms with Crippen LogP contribution >= 0.6 is 11.3 Å². The molecule has 27 heavy (non-hydrogen) atoms. The Morgan fingerprint density at radius 1 is 1.37 bits per heavy atom. The van der Waals surface area contributed by atoms with E-state index in [9.17, 15) is 4.79 Å². The average molecular weight is 385 g/mol. The van der Waals surface area contributed by atoms with E-state index in [1.807, 2.05) is 43.5 Å². The highest BCUT2D eigenvalue weighted by Crippen LogP contribution is 2.41. The molecule has 140 valence electrons. The zero-order valence-corrected chi connectivity index (χ0v) is 16.1. The lowest BCUT2D eigenvalue weighted by atomic mass is 10.0. The number of amides is 1. The minimum atomic E-state index is -0.273. The Morgan fingerprint density at radius 2 is 2.22 bits per heavy atom. The van der Waals surface area contributed by atoms with Gasteiger partial charge in [-0.1, -0.05) is 17.3 Å². The van der Waals surface area contributed by atoms with E-state index in [0.717, 1.165) is 12.0 Å². The molecule has 1 aliphatic rings. The summed E-state index contributed by atoms with van der Waals surface area (Å²) in [4.78, 5) is 16.6. The molecule has 0 fully saturated rings. The zero-order valence-electron chi connectivity index (χ0n) is 15.2. The summed E-state index contributed by atoms with van der Waals surface area (Å²) < 4.78 is 16.9. The normalized spacial score (nSPS) is 14.5. The molecule has 0 saturated heterocycles. The highest BCUT2D eigenvalue weighted by atomic mass is 32.1. The molecule has 7 nitrogen and oxygen atoms in total. The van der Waals surface area contributed by atoms with E-state index in [1.165, 1.54) is 11.3 Å². The van der Waals surface area contributed by atoms with Crippen LogP contribution in [0, 0.1) is 6.92 Å². The third-order valence-corrected chi connectivity index (χ3v) is 4.92. The molecule has 1 N–H and O–H groups in total. The maximum absolute atomic E-state index is 12.4. The van der Waals surface area contributed by atoms with E-state index in [-0.39, 0.29) is 18.1 Å². The third-order valence-electron chi connectivity index (χ3n) is 4.09. The molecule has 0 bridgehead atoms. The summed E-state index contributed by atoms with van der Waals surface area (Å²) in [5, 5.41) is 9.11. The third kappa shape index (κ3) is 3.66. The second-order valence-corrected chi connectivity index (χ2v) is 7.85. The first-order chi connectivity index (χ1) is 12.9. The highest BCUT2D eigenvalue weighted by Gasteiger charge is 2.32. The summed E-state index contributed by atoms with van der Waals surface area (Å²) in [6.07, 6.45) is 0.813. The van der Waals surface area contributed by atoms with E-state index in [2.05, 4.69) is 15.5 Å². The van der Waals surface area contributed by atoms with Gasteiger partial charge in [0.15, 0.2) is 23.9 Å². The summed E-state index contributed by atoms with van der Waals surface area (Å²) in [5.74, 6) is 1.93. The Kier molecular flexibility index (Phi) is 4.35. The standard InChI is InChI=1S/C19H19N3O4S/c1-11-20-17(26-22-11)13-7-8-27-18(13)21-15(23)10-24-14-6-4-5-12-9-19(2,3)25-16(12)14/h4-8H,9-10H2,1-3H3,(H,21,23). The number of ether oxygens (including phenoxy) is 2. The maximum atomic E-state index is 12.4. The van der Waals surface area contributed by atoms with Crippen LogP contribution in [-0.2, 0) is 11.2 Å². The number of benzene rings is 1. The first-order valence-electron chi connectivity index (χ1n) is 8.53. The van der Waals surface area contributed by atoms with Crippen LogP contribution in [-0.4, -0.2) is 28.3 Å². The number of rotatable bonds is 5. The molecule has 3 aromatic rings. The smallest absolute Gasteiger partial charge is 0.262 e. The molecule has 0 radical (unpaired) electrons. The van der Waals surface area contributed by atoms with E-state index in [4.69, 9.17) is 14.0 Å². The molecule has 3 heterocycles. The molecule has 0 unspecified atom stereocenters. The van der Waals surface area contributed by atoms with Crippen LogP contribution in [0.15, 0.2) is 34.2 Å². The predicted molar refractivity (Wildman–Crippen MR) is 101 cm³/mol. The molecule has 1 amide bonds. The number of aryl methyl sites for hydroxylation is 1. The topological polar surface area (TPSA) is 86.5 Å². The molecular weight excluding hydrogens is 366 g/mol. The van der Waals surface area contributed by atoms with Crippen LogP contribution in [0.1, 0.15) is 25.2 Å². The van der Waals surface area contributed by atoms with Crippen LogP contribution in [0.25, 0.3) is 11.5 Å². The van der Waals surface area contributed by atoms with E-state index in [0.29, 0.717) is 33.8 Å². The Hall–Kier alpha value is -2.87. The predicted octanol–water partition coefficient (Wildman–Crippen LogP) is 3.84. The number of anilines is 1. The number of thiophene rings is 1. The fourth-order valence-corrected chi connectivity index (χ4v) is 3.78. The van der Waals surface area contributed by atoms with E-state index < -0.39 is 0 Å². The van der Waals surface area contributed by atoms with Crippen LogP contribution in [0.3, 0.4) is 0 Å². The number of fused-ring (bicyclic) bond motifs is 1. The molecule has 0 saturated carbocycles. The van der Waals surface area contributed by atoms with Crippen molar-refractivity contribution >= 4 is 22.2 Å². The van der Waals surface area contributed by atoms with Crippen LogP contribution in [0.2, 0.25) is 0 Å². The van der Waals surface area contributed by atoms with Gasteiger partial charge in [0, 0.05) is 12.0 Å². The highest BCUT2D eigenvalue weighted by molar-refractivity contribution is 7.15. The minimum Gasteiger partial charge on any atom is -0.483 e. The van der Waals surface area contributed by atoms with Gasteiger partial charge in [0.1, 0.15) is 10.6 Å². The Bertz CT molecular complexity index is 993. The molecule has 1 aromatic carbocycles. The van der Waals surface area contributed by atoms with E-state index >= 15 is 0 Å². The molecule has 1 aliphatic heterocycles. The number of nitrogens with zero attached hydrogens (tertiary/aromatic N) is 2. The number of carbonyl (C=O) groups excluding carboxylic acids is 1. The summed E-state index contributed by atoms with van der Waals surface area (Å²) in [5.41, 5.74) is 1.52. The Balaban J connectivity index is 1.43. The number of hydrogen-bond acceptors (Lipinski definition) is 7. The minimum absolute atomic E-state index is 0.125. The molecule has 4 rings (SSSR count). The zero-order chi connectivity index (χ0) is 19.0. The Morgan fingerprint density at radius 3 is 3.00 bits per heavy atom. The van der Waals surface area contributed by atoms with Crippen molar-refractivity contribution in [2.24, 2.45) is 0 Å². The van der Waals surface area contributed by atoms with Crippen molar-refractivity contribution in [3.63, 3.8) is 0 Å².